The van der Waals surface area contributed by atoms with Crippen LogP contribution >= 0.6 is 23.8 Å². The zero-order valence-corrected chi connectivity index (χ0v) is 16.7. The molecule has 2 aromatic carbocycles. The molecule has 11 heteroatoms. The Labute approximate surface area is 176 Å². The van der Waals surface area contributed by atoms with Crippen molar-refractivity contribution < 1.29 is 19.2 Å². The van der Waals surface area contributed by atoms with Crippen LogP contribution < -0.4 is 15.5 Å². The fourth-order valence-corrected chi connectivity index (χ4v) is 2.89. The first-order valence-corrected chi connectivity index (χ1v) is 9.37. The highest BCUT2D eigenvalue weighted by atomic mass is 35.5. The Bertz CT molecular complexity index is 919. The number of carbonyl (C=O) groups excluding carboxylic acids is 1. The number of hydrogen-bond acceptors (Lipinski definition) is 7. The van der Waals surface area contributed by atoms with E-state index >= 15 is 0 Å². The van der Waals surface area contributed by atoms with Crippen molar-refractivity contribution in [3.63, 3.8) is 0 Å². The second kappa shape index (κ2) is 9.61. The number of carbonyl (C=O) groups is 1. The van der Waals surface area contributed by atoms with Crippen LogP contribution in [-0.2, 0) is 4.74 Å². The van der Waals surface area contributed by atoms with Gasteiger partial charge in [-0.3, -0.25) is 25.7 Å². The van der Waals surface area contributed by atoms with E-state index in [1.54, 1.807) is 24.3 Å². The zero-order valence-electron chi connectivity index (χ0n) is 15.1. The Morgan fingerprint density at radius 1 is 1.21 bits per heavy atom. The number of benzene rings is 2. The van der Waals surface area contributed by atoms with Crippen LogP contribution in [0, 0.1) is 10.1 Å². The number of nitro groups is 1. The number of hydrogen-bond donors (Lipinski definition) is 2. The molecule has 1 fully saturated rings. The highest BCUT2D eigenvalue weighted by molar-refractivity contribution is 7.80. The normalized spacial score (nSPS) is 14.1. The summed E-state index contributed by atoms with van der Waals surface area (Å²) in [4.78, 5) is 23.2. The number of rotatable bonds is 5. The minimum atomic E-state index is -0.619. The summed E-state index contributed by atoms with van der Waals surface area (Å²) in [5, 5.41) is 16.4. The smallest absolute Gasteiger partial charge is 0.312 e. The molecule has 0 bridgehead atoms. The minimum absolute atomic E-state index is 0.00268. The summed E-state index contributed by atoms with van der Waals surface area (Å²) in [6, 6.07) is 10.3. The summed E-state index contributed by atoms with van der Waals surface area (Å²) >= 11 is 10.9. The van der Waals surface area contributed by atoms with Gasteiger partial charge in [-0.1, -0.05) is 11.6 Å². The van der Waals surface area contributed by atoms with E-state index in [1.807, 2.05) is 5.01 Å². The maximum atomic E-state index is 12.4. The van der Waals surface area contributed by atoms with Gasteiger partial charge in [0.2, 0.25) is 5.75 Å². The van der Waals surface area contributed by atoms with Gasteiger partial charge in [-0.05, 0) is 48.6 Å². The van der Waals surface area contributed by atoms with Crippen molar-refractivity contribution in [2.24, 2.45) is 0 Å². The number of amides is 1. The number of nitrogens with one attached hydrogen (secondary N) is 2. The molecular formula is C18H17ClN4O5S. The first-order valence-electron chi connectivity index (χ1n) is 8.59. The molecule has 3 rings (SSSR count). The van der Waals surface area contributed by atoms with E-state index in [-0.39, 0.29) is 22.1 Å². The van der Waals surface area contributed by atoms with Crippen molar-refractivity contribution in [3.05, 3.63) is 63.2 Å². The second-order valence-corrected chi connectivity index (χ2v) is 6.83. The van der Waals surface area contributed by atoms with Gasteiger partial charge in [0.25, 0.3) is 5.91 Å². The largest absolute Gasteiger partial charge is 0.450 e. The van der Waals surface area contributed by atoms with E-state index in [0.29, 0.717) is 37.1 Å². The standard InChI is InChI=1S/C18H17ClN4O5S/c19-13-2-4-14(5-3-13)28-16-6-1-12(11-15(16)23(25)26)17(24)20-18(29)21-22-7-9-27-10-8-22/h1-6,11H,7-10H2,(H2,20,21,24,29). The molecule has 0 saturated carbocycles. The Morgan fingerprint density at radius 2 is 1.90 bits per heavy atom. The van der Waals surface area contributed by atoms with E-state index in [1.165, 1.54) is 12.1 Å². The first-order chi connectivity index (χ1) is 13.9. The molecule has 1 saturated heterocycles. The number of halogens is 1. The SMILES string of the molecule is O=C(NC(=S)NN1CCOCC1)c1ccc(Oc2ccc(Cl)cc2)c([N+](=O)[O-])c1. The molecule has 0 spiro atoms. The van der Waals surface area contributed by atoms with Crippen LogP contribution in [0.5, 0.6) is 11.5 Å². The minimum Gasteiger partial charge on any atom is -0.450 e. The third-order valence-electron chi connectivity index (χ3n) is 3.96. The van der Waals surface area contributed by atoms with Gasteiger partial charge < -0.3 is 9.47 Å². The Morgan fingerprint density at radius 3 is 2.55 bits per heavy atom. The lowest BCUT2D eigenvalue weighted by molar-refractivity contribution is -0.385. The first kappa shape index (κ1) is 20.9. The fourth-order valence-electron chi connectivity index (χ4n) is 2.54. The third-order valence-corrected chi connectivity index (χ3v) is 4.40. The number of morpholine rings is 1. The summed E-state index contributed by atoms with van der Waals surface area (Å²) in [6.45, 7) is 2.37. The van der Waals surface area contributed by atoms with Gasteiger partial charge in [-0.25, -0.2) is 5.01 Å². The molecule has 0 atom stereocenters. The van der Waals surface area contributed by atoms with Crippen molar-refractivity contribution in [1.82, 2.24) is 15.8 Å². The van der Waals surface area contributed by atoms with Gasteiger partial charge in [0, 0.05) is 29.7 Å². The molecule has 29 heavy (non-hydrogen) atoms. The quantitative estimate of drug-likeness (QED) is 0.418. The number of thiocarbonyl (C=S) groups is 1. The van der Waals surface area contributed by atoms with Crippen molar-refractivity contribution in [1.29, 1.82) is 0 Å². The van der Waals surface area contributed by atoms with Gasteiger partial charge >= 0.3 is 5.69 Å². The van der Waals surface area contributed by atoms with Crippen LogP contribution in [0.1, 0.15) is 10.4 Å². The van der Waals surface area contributed by atoms with E-state index in [0.717, 1.165) is 6.07 Å². The highest BCUT2D eigenvalue weighted by Gasteiger charge is 2.20. The fraction of sp³-hybridized carbons (Fsp3) is 0.222. The molecular weight excluding hydrogens is 420 g/mol. The summed E-state index contributed by atoms with van der Waals surface area (Å²) in [5.74, 6) is -0.189. The summed E-state index contributed by atoms with van der Waals surface area (Å²) in [7, 11) is 0. The molecule has 0 aliphatic carbocycles. The third kappa shape index (κ3) is 5.84. The lowest BCUT2D eigenvalue weighted by Gasteiger charge is -2.27. The topological polar surface area (TPSA) is 106 Å². The average molecular weight is 437 g/mol. The van der Waals surface area contributed by atoms with Crippen molar-refractivity contribution in [2.45, 2.75) is 0 Å². The van der Waals surface area contributed by atoms with Gasteiger partial charge in [-0.15, -0.1) is 0 Å². The van der Waals surface area contributed by atoms with Crippen LogP contribution in [0.3, 0.4) is 0 Å². The summed E-state index contributed by atoms with van der Waals surface area (Å²) in [5.41, 5.74) is 2.62. The second-order valence-electron chi connectivity index (χ2n) is 5.99. The number of ether oxygens (including phenoxy) is 2. The Kier molecular flexibility index (Phi) is 6.94. The molecule has 0 unspecified atom stereocenters. The molecule has 1 heterocycles. The monoisotopic (exact) mass is 436 g/mol. The zero-order chi connectivity index (χ0) is 20.8. The predicted octanol–water partition coefficient (Wildman–Crippen LogP) is 2.89. The molecule has 1 aliphatic heterocycles. The van der Waals surface area contributed by atoms with Gasteiger partial charge in [0.05, 0.1) is 18.1 Å². The average Bonchev–Trinajstić information content (AvgIpc) is 2.70. The van der Waals surface area contributed by atoms with Gasteiger partial charge in [-0.2, -0.15) is 0 Å². The van der Waals surface area contributed by atoms with Gasteiger partial charge in [0.1, 0.15) is 5.75 Å². The van der Waals surface area contributed by atoms with E-state index in [4.69, 9.17) is 33.3 Å². The Hall–Kier alpha value is -2.79. The molecule has 0 aromatic heterocycles. The number of nitro benzene ring substituents is 1. The Balaban J connectivity index is 1.69. The molecule has 2 aromatic rings. The summed E-state index contributed by atoms with van der Waals surface area (Å²) < 4.78 is 10.8. The van der Waals surface area contributed by atoms with Crippen molar-refractivity contribution in [2.75, 3.05) is 26.3 Å². The lowest BCUT2D eigenvalue weighted by atomic mass is 10.1. The molecule has 1 aliphatic rings. The highest BCUT2D eigenvalue weighted by Crippen LogP contribution is 2.32. The lowest BCUT2D eigenvalue weighted by Crippen LogP contribution is -2.52. The molecule has 152 valence electrons. The van der Waals surface area contributed by atoms with Crippen molar-refractivity contribution in [3.8, 4) is 11.5 Å². The maximum absolute atomic E-state index is 12.4. The number of hydrazine groups is 1. The predicted molar refractivity (Wildman–Crippen MR) is 110 cm³/mol. The van der Waals surface area contributed by atoms with Crippen LogP contribution in [0.15, 0.2) is 42.5 Å². The van der Waals surface area contributed by atoms with E-state index < -0.39 is 10.8 Å². The molecule has 0 radical (unpaired) electrons. The molecule has 2 N–H and O–H groups in total. The van der Waals surface area contributed by atoms with Crippen LogP contribution in [0.2, 0.25) is 5.02 Å². The molecule has 9 nitrogen and oxygen atoms in total. The van der Waals surface area contributed by atoms with Gasteiger partial charge in [0.15, 0.2) is 5.11 Å². The van der Waals surface area contributed by atoms with Crippen LogP contribution in [-0.4, -0.2) is 47.3 Å². The van der Waals surface area contributed by atoms with E-state index in [9.17, 15) is 14.9 Å². The maximum Gasteiger partial charge on any atom is 0.312 e. The van der Waals surface area contributed by atoms with Crippen LogP contribution in [0.25, 0.3) is 0 Å². The van der Waals surface area contributed by atoms with Crippen molar-refractivity contribution >= 4 is 40.5 Å². The van der Waals surface area contributed by atoms with E-state index in [2.05, 4.69) is 10.7 Å². The summed E-state index contributed by atoms with van der Waals surface area (Å²) in [6.07, 6.45) is 0. The van der Waals surface area contributed by atoms with Crippen LogP contribution in [0.4, 0.5) is 5.69 Å². The number of nitrogens with zero attached hydrogens (tertiary/aromatic N) is 2. The molecule has 1 amide bonds.